The average Bonchev–Trinajstić information content (AvgIpc) is 2.62. The zero-order valence-corrected chi connectivity index (χ0v) is 8.36. The van der Waals surface area contributed by atoms with Crippen molar-refractivity contribution in [2.45, 2.75) is 37.9 Å². The first kappa shape index (κ1) is 12.3. The van der Waals surface area contributed by atoms with Crippen LogP contribution in [0.15, 0.2) is 0 Å². The third-order valence-electron chi connectivity index (χ3n) is 2.34. The molecule has 0 aromatic rings. The predicted octanol–water partition coefficient (Wildman–Crippen LogP) is 1.20. The molecule has 1 aliphatic rings. The molecule has 0 aliphatic carbocycles. The summed E-state index contributed by atoms with van der Waals surface area (Å²) < 4.78 is 35.3. The van der Waals surface area contributed by atoms with Crippen LogP contribution in [0.5, 0.6) is 0 Å². The quantitative estimate of drug-likeness (QED) is 0.753. The highest BCUT2D eigenvalue weighted by atomic mass is 19.4. The van der Waals surface area contributed by atoms with E-state index in [1.54, 1.807) is 0 Å². The van der Waals surface area contributed by atoms with E-state index in [1.165, 1.54) is 0 Å². The third kappa shape index (κ3) is 5.61. The zero-order chi connectivity index (χ0) is 11.3. The first-order valence-corrected chi connectivity index (χ1v) is 5.04. The van der Waals surface area contributed by atoms with Crippen LogP contribution in [0.25, 0.3) is 0 Å². The maximum Gasteiger partial charge on any atom is 0.389 e. The summed E-state index contributed by atoms with van der Waals surface area (Å²) in [6.45, 7) is 1.35. The van der Waals surface area contributed by atoms with Gasteiger partial charge >= 0.3 is 6.18 Å². The largest absolute Gasteiger partial charge is 0.389 e. The van der Waals surface area contributed by atoms with E-state index < -0.39 is 24.9 Å². The van der Waals surface area contributed by atoms with E-state index in [1.807, 2.05) is 0 Å². The van der Waals surface area contributed by atoms with E-state index in [4.69, 9.17) is 0 Å². The van der Waals surface area contributed by atoms with Gasteiger partial charge in [-0.2, -0.15) is 13.2 Å². The van der Waals surface area contributed by atoms with Gasteiger partial charge in [-0.3, -0.25) is 4.79 Å². The molecule has 1 fully saturated rings. The van der Waals surface area contributed by atoms with Crippen molar-refractivity contribution in [2.75, 3.05) is 13.1 Å². The second-order valence-corrected chi connectivity index (χ2v) is 3.71. The highest BCUT2D eigenvalue weighted by Crippen LogP contribution is 2.20. The highest BCUT2D eigenvalue weighted by molar-refractivity contribution is 5.75. The normalized spacial score (nSPS) is 21.7. The van der Waals surface area contributed by atoms with Crippen molar-refractivity contribution in [2.24, 2.45) is 0 Å². The van der Waals surface area contributed by atoms with Crippen molar-refractivity contribution < 1.29 is 18.0 Å². The van der Waals surface area contributed by atoms with Crippen molar-refractivity contribution in [1.82, 2.24) is 10.6 Å². The van der Waals surface area contributed by atoms with E-state index in [9.17, 15) is 18.0 Å². The lowest BCUT2D eigenvalue weighted by atomic mass is 10.2. The van der Waals surface area contributed by atoms with Gasteiger partial charge in [0.15, 0.2) is 0 Å². The molecule has 15 heavy (non-hydrogen) atoms. The Kier molecular flexibility index (Phi) is 4.38. The molecular formula is C9H15F3N2O. The Morgan fingerprint density at radius 1 is 1.47 bits per heavy atom. The molecule has 1 atom stereocenters. The smallest absolute Gasteiger partial charge is 0.355 e. The standard InChI is InChI=1S/C9H15F3N2O/c10-9(11,12)4-3-8(15)14-6-7-2-1-5-13-7/h7,13H,1-6H2,(H,14,15). The number of amides is 1. The molecule has 2 N–H and O–H groups in total. The van der Waals surface area contributed by atoms with Crippen LogP contribution in [-0.2, 0) is 4.79 Å². The van der Waals surface area contributed by atoms with E-state index in [-0.39, 0.29) is 6.04 Å². The molecule has 1 rings (SSSR count). The van der Waals surface area contributed by atoms with E-state index in [0.717, 1.165) is 19.4 Å². The summed E-state index contributed by atoms with van der Waals surface area (Å²) in [5, 5.41) is 5.64. The molecule has 0 bridgehead atoms. The van der Waals surface area contributed by atoms with Crippen LogP contribution in [0.3, 0.4) is 0 Å². The maximum absolute atomic E-state index is 11.8. The molecule has 88 valence electrons. The average molecular weight is 224 g/mol. The van der Waals surface area contributed by atoms with Gasteiger partial charge in [0.1, 0.15) is 0 Å². The fourth-order valence-electron chi connectivity index (χ4n) is 1.51. The molecule has 0 aromatic carbocycles. The minimum Gasteiger partial charge on any atom is -0.355 e. The van der Waals surface area contributed by atoms with Gasteiger partial charge < -0.3 is 10.6 Å². The summed E-state index contributed by atoms with van der Waals surface area (Å²) in [4.78, 5) is 11.0. The topological polar surface area (TPSA) is 41.1 Å². The number of hydrogen-bond donors (Lipinski definition) is 2. The van der Waals surface area contributed by atoms with E-state index in [2.05, 4.69) is 10.6 Å². The van der Waals surface area contributed by atoms with Crippen molar-refractivity contribution >= 4 is 5.91 Å². The Bertz CT molecular complexity index is 212. The van der Waals surface area contributed by atoms with Crippen molar-refractivity contribution in [3.8, 4) is 0 Å². The zero-order valence-electron chi connectivity index (χ0n) is 8.36. The number of rotatable bonds is 4. The van der Waals surface area contributed by atoms with Crippen molar-refractivity contribution in [3.63, 3.8) is 0 Å². The second-order valence-electron chi connectivity index (χ2n) is 3.71. The lowest BCUT2D eigenvalue weighted by Gasteiger charge is -2.11. The summed E-state index contributed by atoms with van der Waals surface area (Å²) in [7, 11) is 0. The molecule has 3 nitrogen and oxygen atoms in total. The van der Waals surface area contributed by atoms with E-state index >= 15 is 0 Å². The number of nitrogens with one attached hydrogen (secondary N) is 2. The molecule has 6 heteroatoms. The molecular weight excluding hydrogens is 209 g/mol. The van der Waals surface area contributed by atoms with Crippen LogP contribution >= 0.6 is 0 Å². The number of alkyl halides is 3. The number of hydrogen-bond acceptors (Lipinski definition) is 2. The Morgan fingerprint density at radius 2 is 2.20 bits per heavy atom. The molecule has 1 saturated heterocycles. The number of carbonyl (C=O) groups excluding carboxylic acids is 1. The molecule has 1 heterocycles. The summed E-state index contributed by atoms with van der Waals surface area (Å²) in [6, 6.07) is 0.222. The molecule has 1 unspecified atom stereocenters. The Morgan fingerprint density at radius 3 is 2.73 bits per heavy atom. The van der Waals surface area contributed by atoms with Crippen LogP contribution < -0.4 is 10.6 Å². The van der Waals surface area contributed by atoms with Crippen LogP contribution in [0.1, 0.15) is 25.7 Å². The van der Waals surface area contributed by atoms with Gasteiger partial charge in [-0.25, -0.2) is 0 Å². The van der Waals surface area contributed by atoms with Gasteiger partial charge in [0.05, 0.1) is 6.42 Å². The van der Waals surface area contributed by atoms with Crippen LogP contribution in [-0.4, -0.2) is 31.2 Å². The molecule has 0 spiro atoms. The van der Waals surface area contributed by atoms with Crippen LogP contribution in [0.2, 0.25) is 0 Å². The summed E-state index contributed by atoms with van der Waals surface area (Å²) in [6.07, 6.45) is -3.74. The van der Waals surface area contributed by atoms with Gasteiger partial charge in [0.2, 0.25) is 5.91 Å². The minimum atomic E-state index is -4.25. The fraction of sp³-hybridized carbons (Fsp3) is 0.889. The van der Waals surface area contributed by atoms with Gasteiger partial charge in [0.25, 0.3) is 0 Å². The Balaban J connectivity index is 2.08. The number of carbonyl (C=O) groups is 1. The number of halogens is 3. The Hall–Kier alpha value is -0.780. The van der Waals surface area contributed by atoms with Crippen molar-refractivity contribution in [3.05, 3.63) is 0 Å². The minimum absolute atomic E-state index is 0.222. The SMILES string of the molecule is O=C(CCC(F)(F)F)NCC1CCCN1. The Labute approximate surface area is 86.4 Å². The van der Waals surface area contributed by atoms with Gasteiger partial charge in [-0.05, 0) is 19.4 Å². The summed E-state index contributed by atoms with van der Waals surface area (Å²) >= 11 is 0. The predicted molar refractivity (Wildman–Crippen MR) is 49.3 cm³/mol. The fourth-order valence-corrected chi connectivity index (χ4v) is 1.51. The first-order chi connectivity index (χ1) is 6.97. The van der Waals surface area contributed by atoms with E-state index in [0.29, 0.717) is 6.54 Å². The van der Waals surface area contributed by atoms with Crippen LogP contribution in [0.4, 0.5) is 13.2 Å². The lowest BCUT2D eigenvalue weighted by molar-refractivity contribution is -0.144. The summed E-state index contributed by atoms with van der Waals surface area (Å²) in [5.74, 6) is -0.527. The monoisotopic (exact) mass is 224 g/mol. The maximum atomic E-state index is 11.8. The third-order valence-corrected chi connectivity index (χ3v) is 2.34. The molecule has 0 saturated carbocycles. The lowest BCUT2D eigenvalue weighted by Crippen LogP contribution is -2.37. The summed E-state index contributed by atoms with van der Waals surface area (Å²) in [5.41, 5.74) is 0. The molecule has 1 amide bonds. The molecule has 0 aromatic heterocycles. The van der Waals surface area contributed by atoms with Gasteiger partial charge in [-0.1, -0.05) is 0 Å². The van der Waals surface area contributed by atoms with Crippen LogP contribution in [0, 0.1) is 0 Å². The highest BCUT2D eigenvalue weighted by Gasteiger charge is 2.28. The second kappa shape index (κ2) is 5.34. The first-order valence-electron chi connectivity index (χ1n) is 5.04. The van der Waals surface area contributed by atoms with Crippen molar-refractivity contribution in [1.29, 1.82) is 0 Å². The van der Waals surface area contributed by atoms with Gasteiger partial charge in [0, 0.05) is 19.0 Å². The van der Waals surface area contributed by atoms with Gasteiger partial charge in [-0.15, -0.1) is 0 Å². The molecule has 1 aliphatic heterocycles. The molecule has 0 radical (unpaired) electrons.